The van der Waals surface area contributed by atoms with Gasteiger partial charge >= 0.3 is 12.2 Å². The molecular formula is C23H22F4N4O5. The Morgan fingerprint density at radius 2 is 1.83 bits per heavy atom. The molecule has 2 aromatic rings. The van der Waals surface area contributed by atoms with E-state index in [1.54, 1.807) is 20.8 Å². The van der Waals surface area contributed by atoms with Crippen LogP contribution in [0.25, 0.3) is 11.3 Å². The molecule has 0 aliphatic carbocycles. The molecule has 192 valence electrons. The lowest BCUT2D eigenvalue weighted by molar-refractivity contribution is -0.245. The van der Waals surface area contributed by atoms with Crippen LogP contribution in [0.15, 0.2) is 16.7 Å². The number of imide groups is 2. The van der Waals surface area contributed by atoms with E-state index < -0.39 is 60.0 Å². The number of benzene rings is 1. The average Bonchev–Trinajstić information content (AvgIpc) is 3.13. The highest BCUT2D eigenvalue weighted by atomic mass is 19.4. The zero-order valence-electron chi connectivity index (χ0n) is 19.5. The Morgan fingerprint density at radius 3 is 2.39 bits per heavy atom. The average molecular weight is 510 g/mol. The van der Waals surface area contributed by atoms with Crippen molar-refractivity contribution in [2.45, 2.75) is 58.0 Å². The molecule has 1 aromatic heterocycles. The Morgan fingerprint density at radius 1 is 1.17 bits per heavy atom. The number of amides is 4. The fraction of sp³-hybridized carbons (Fsp3) is 0.478. The molecule has 13 heteroatoms. The number of aromatic nitrogens is 1. The number of barbiturate groups is 1. The Balaban J connectivity index is 1.74. The van der Waals surface area contributed by atoms with E-state index in [1.807, 2.05) is 0 Å². The highest BCUT2D eigenvalue weighted by Crippen LogP contribution is 2.50. The zero-order chi connectivity index (χ0) is 26.2. The minimum atomic E-state index is -4.78. The standard InChI is InChI=1S/C23H22F4N4O5/c1-4-14-18-22(19(32)28-21(34)29-20(22)33)7-12-5-11(16-9(2)10(3)36-30-16)6-13(24)17(12)31(18)8-15(35-14)23(25,26)27/h5-6,14-15,18H,4,7-8H2,1-3H3,(H2,28,29,32,33,34)/t14-,15-,18+/m0/s1. The fourth-order valence-corrected chi connectivity index (χ4v) is 5.47. The first-order valence-electron chi connectivity index (χ1n) is 11.3. The van der Waals surface area contributed by atoms with Gasteiger partial charge in [0.25, 0.3) is 0 Å². The molecular weight excluding hydrogens is 488 g/mol. The lowest BCUT2D eigenvalue weighted by Crippen LogP contribution is -2.76. The number of rotatable bonds is 2. The minimum absolute atomic E-state index is 0.00352. The molecule has 4 amide bonds. The fourth-order valence-electron chi connectivity index (χ4n) is 5.47. The Bertz CT molecular complexity index is 1270. The summed E-state index contributed by atoms with van der Waals surface area (Å²) in [5.74, 6) is -2.31. The zero-order valence-corrected chi connectivity index (χ0v) is 19.5. The van der Waals surface area contributed by atoms with Crippen molar-refractivity contribution >= 4 is 23.5 Å². The van der Waals surface area contributed by atoms with Gasteiger partial charge in [-0.3, -0.25) is 20.2 Å². The topological polar surface area (TPSA) is 114 Å². The SMILES string of the molecule is CC[C@@H]1O[C@H](C(F)(F)F)CN2c3c(F)cc(-c4noc(C)c4C)cc3CC3(C(=O)NC(=O)NC3=O)[C@@H]12. The molecule has 2 fully saturated rings. The van der Waals surface area contributed by atoms with Gasteiger partial charge in [-0.1, -0.05) is 12.1 Å². The van der Waals surface area contributed by atoms with Crippen molar-refractivity contribution in [1.82, 2.24) is 15.8 Å². The third-order valence-electron chi connectivity index (χ3n) is 7.26. The van der Waals surface area contributed by atoms with Crippen molar-refractivity contribution in [3.8, 4) is 11.3 Å². The molecule has 36 heavy (non-hydrogen) atoms. The predicted molar refractivity (Wildman–Crippen MR) is 115 cm³/mol. The number of hydrogen-bond acceptors (Lipinski definition) is 7. The highest BCUT2D eigenvalue weighted by molar-refractivity contribution is 6.20. The van der Waals surface area contributed by atoms with Crippen LogP contribution < -0.4 is 15.5 Å². The van der Waals surface area contributed by atoms with Crippen LogP contribution >= 0.6 is 0 Å². The highest BCUT2D eigenvalue weighted by Gasteiger charge is 2.65. The van der Waals surface area contributed by atoms with Crippen LogP contribution in [-0.4, -0.2) is 54.0 Å². The van der Waals surface area contributed by atoms with Crippen LogP contribution in [0.1, 0.15) is 30.2 Å². The summed E-state index contributed by atoms with van der Waals surface area (Å²) in [5.41, 5.74) is -0.849. The number of urea groups is 1. The second-order valence-corrected chi connectivity index (χ2v) is 9.27. The Hall–Kier alpha value is -3.48. The third-order valence-corrected chi connectivity index (χ3v) is 7.26. The van der Waals surface area contributed by atoms with Crippen molar-refractivity contribution in [2.24, 2.45) is 5.41 Å². The molecule has 0 bridgehead atoms. The van der Waals surface area contributed by atoms with E-state index in [2.05, 4.69) is 15.8 Å². The predicted octanol–water partition coefficient (Wildman–Crippen LogP) is 2.92. The van der Waals surface area contributed by atoms with Gasteiger partial charge in [0.15, 0.2) is 11.5 Å². The first-order chi connectivity index (χ1) is 16.9. The Kier molecular flexibility index (Phi) is 5.39. The number of ether oxygens (including phenoxy) is 1. The third kappa shape index (κ3) is 3.39. The molecule has 9 nitrogen and oxygen atoms in total. The number of nitrogens with zero attached hydrogens (tertiary/aromatic N) is 2. The van der Waals surface area contributed by atoms with Gasteiger partial charge in [0.05, 0.1) is 24.4 Å². The van der Waals surface area contributed by atoms with Crippen LogP contribution in [-0.2, 0) is 20.7 Å². The van der Waals surface area contributed by atoms with Crippen molar-refractivity contribution < 1.29 is 41.2 Å². The summed E-state index contributed by atoms with van der Waals surface area (Å²) in [6.07, 6.45) is -8.69. The first-order valence-corrected chi connectivity index (χ1v) is 11.3. The number of nitrogens with one attached hydrogen (secondary N) is 2. The molecule has 3 aliphatic heterocycles. The van der Waals surface area contributed by atoms with E-state index in [1.165, 1.54) is 6.07 Å². The van der Waals surface area contributed by atoms with E-state index in [-0.39, 0.29) is 29.7 Å². The molecule has 5 rings (SSSR count). The maximum absolute atomic E-state index is 15.7. The number of aryl methyl sites for hydroxylation is 1. The van der Waals surface area contributed by atoms with Gasteiger partial charge < -0.3 is 14.2 Å². The first kappa shape index (κ1) is 24.2. The molecule has 4 heterocycles. The lowest BCUT2D eigenvalue weighted by Gasteiger charge is -2.56. The summed E-state index contributed by atoms with van der Waals surface area (Å²) < 4.78 is 67.6. The maximum atomic E-state index is 15.7. The number of hydrogen-bond donors (Lipinski definition) is 2. The number of carbonyl (C=O) groups excluding carboxylic acids is 3. The molecule has 0 unspecified atom stereocenters. The van der Waals surface area contributed by atoms with Crippen LogP contribution in [0.4, 0.5) is 28.0 Å². The number of halogens is 4. The van der Waals surface area contributed by atoms with Crippen LogP contribution in [0.5, 0.6) is 0 Å². The molecule has 0 saturated carbocycles. The van der Waals surface area contributed by atoms with E-state index in [4.69, 9.17) is 9.26 Å². The molecule has 1 aromatic carbocycles. The molecule has 2 N–H and O–H groups in total. The number of fused-ring (bicyclic) bond motifs is 4. The van der Waals surface area contributed by atoms with Gasteiger partial charge in [-0.2, -0.15) is 13.2 Å². The van der Waals surface area contributed by atoms with Crippen molar-refractivity contribution in [2.75, 3.05) is 11.4 Å². The normalized spacial score (nSPS) is 25.4. The van der Waals surface area contributed by atoms with Gasteiger partial charge in [-0.15, -0.1) is 0 Å². The quantitative estimate of drug-likeness (QED) is 0.472. The van der Waals surface area contributed by atoms with Gasteiger partial charge in [-0.05, 0) is 38.0 Å². The monoisotopic (exact) mass is 510 g/mol. The minimum Gasteiger partial charge on any atom is -0.361 e. The number of anilines is 1. The van der Waals surface area contributed by atoms with E-state index in [0.29, 0.717) is 17.0 Å². The summed E-state index contributed by atoms with van der Waals surface area (Å²) in [7, 11) is 0. The molecule has 0 radical (unpaired) electrons. The van der Waals surface area contributed by atoms with Gasteiger partial charge in [-0.25, -0.2) is 9.18 Å². The van der Waals surface area contributed by atoms with Gasteiger partial charge in [0.2, 0.25) is 11.8 Å². The van der Waals surface area contributed by atoms with Crippen LogP contribution in [0.2, 0.25) is 0 Å². The summed E-state index contributed by atoms with van der Waals surface area (Å²) in [4.78, 5) is 39.5. The van der Waals surface area contributed by atoms with Gasteiger partial charge in [0, 0.05) is 17.5 Å². The number of morpholine rings is 1. The summed E-state index contributed by atoms with van der Waals surface area (Å²) in [6, 6.07) is 0.288. The molecule has 2 saturated heterocycles. The summed E-state index contributed by atoms with van der Waals surface area (Å²) in [5, 5.41) is 8.06. The van der Waals surface area contributed by atoms with Crippen molar-refractivity contribution in [3.63, 3.8) is 0 Å². The van der Waals surface area contributed by atoms with Crippen LogP contribution in [0, 0.1) is 25.1 Å². The van der Waals surface area contributed by atoms with E-state index in [0.717, 1.165) is 11.0 Å². The smallest absolute Gasteiger partial charge is 0.361 e. The second-order valence-electron chi connectivity index (χ2n) is 9.27. The molecule has 1 spiro atoms. The van der Waals surface area contributed by atoms with Crippen molar-refractivity contribution in [1.29, 1.82) is 0 Å². The maximum Gasteiger partial charge on any atom is 0.416 e. The van der Waals surface area contributed by atoms with Crippen LogP contribution in [0.3, 0.4) is 0 Å². The summed E-state index contributed by atoms with van der Waals surface area (Å²) >= 11 is 0. The largest absolute Gasteiger partial charge is 0.416 e. The molecule has 3 aliphatic rings. The number of alkyl halides is 3. The number of carbonyl (C=O) groups is 3. The van der Waals surface area contributed by atoms with Crippen molar-refractivity contribution in [3.05, 3.63) is 34.8 Å². The summed E-state index contributed by atoms with van der Waals surface area (Å²) in [6.45, 7) is 4.09. The van der Waals surface area contributed by atoms with E-state index >= 15 is 4.39 Å². The van der Waals surface area contributed by atoms with Gasteiger partial charge in [0.1, 0.15) is 17.3 Å². The molecule has 3 atom stereocenters. The second kappa shape index (κ2) is 8.02. The van der Waals surface area contributed by atoms with E-state index in [9.17, 15) is 27.6 Å². The lowest BCUT2D eigenvalue weighted by atomic mass is 9.66. The Labute approximate surface area is 202 Å².